The average Bonchev–Trinajstić information content (AvgIpc) is 3.88. The highest BCUT2D eigenvalue weighted by molar-refractivity contribution is 7.26. The molecule has 0 atom stereocenters. The minimum atomic E-state index is 0.689. The number of rotatable bonds is 5. The summed E-state index contributed by atoms with van der Waals surface area (Å²) in [5.41, 5.74) is 11.2. The molecule has 0 amide bonds. The molecule has 0 saturated carbocycles. The molecule has 0 aliphatic carbocycles. The third-order valence-electron chi connectivity index (χ3n) is 11.5. The Kier molecular flexibility index (Phi) is 7.40. The molecule has 0 spiro atoms. The number of thiophene rings is 1. The first-order valence-corrected chi connectivity index (χ1v) is 20.4. The Balaban J connectivity index is 0.984. The number of para-hydroxylation sites is 1. The van der Waals surface area contributed by atoms with Gasteiger partial charge in [0.15, 0.2) is 5.82 Å². The van der Waals surface area contributed by atoms with Gasteiger partial charge < -0.3 is 4.42 Å². The highest BCUT2D eigenvalue weighted by atomic mass is 32.1. The SMILES string of the molecule is c1ccc2c(-c3cc(-c4ccc(-c5cc6ccccc6c6c5oc5ccccc56)cc4)nc(-c4ccc(-c5cccc6c5sc5ccccc56)cc4)n3)cccc2c1. The molecular formula is C54H32N2OS. The maximum atomic E-state index is 6.58. The van der Waals surface area contributed by atoms with Crippen LogP contribution in [0.15, 0.2) is 199 Å². The number of aromatic nitrogens is 2. The predicted octanol–water partition coefficient (Wildman–Crippen LogP) is 15.4. The summed E-state index contributed by atoms with van der Waals surface area (Å²) in [6.07, 6.45) is 0. The van der Waals surface area contributed by atoms with E-state index < -0.39 is 0 Å². The van der Waals surface area contributed by atoms with Crippen LogP contribution < -0.4 is 0 Å². The molecule has 270 valence electrons. The Labute approximate surface area is 338 Å². The van der Waals surface area contributed by atoms with Gasteiger partial charge in [0.1, 0.15) is 11.2 Å². The molecule has 0 aliphatic rings. The lowest BCUT2D eigenvalue weighted by atomic mass is 9.95. The van der Waals surface area contributed by atoms with Gasteiger partial charge in [-0.1, -0.05) is 170 Å². The lowest BCUT2D eigenvalue weighted by Crippen LogP contribution is -1.96. The summed E-state index contributed by atoms with van der Waals surface area (Å²) in [5, 5.41) is 9.61. The molecule has 0 fully saturated rings. The molecule has 0 N–H and O–H groups in total. The number of nitrogens with zero attached hydrogens (tertiary/aromatic N) is 2. The predicted molar refractivity (Wildman–Crippen MR) is 244 cm³/mol. The second-order valence-corrected chi connectivity index (χ2v) is 15.9. The smallest absolute Gasteiger partial charge is 0.160 e. The number of fused-ring (bicyclic) bond motifs is 9. The van der Waals surface area contributed by atoms with Crippen LogP contribution in [-0.4, -0.2) is 9.97 Å². The van der Waals surface area contributed by atoms with E-state index in [0.717, 1.165) is 66.5 Å². The van der Waals surface area contributed by atoms with Crippen molar-refractivity contribution in [1.82, 2.24) is 9.97 Å². The van der Waals surface area contributed by atoms with E-state index in [0.29, 0.717) is 5.82 Å². The highest BCUT2D eigenvalue weighted by Gasteiger charge is 2.18. The van der Waals surface area contributed by atoms with Crippen molar-refractivity contribution < 1.29 is 4.42 Å². The molecule has 3 nitrogen and oxygen atoms in total. The first-order valence-electron chi connectivity index (χ1n) is 19.6. The summed E-state index contributed by atoms with van der Waals surface area (Å²) >= 11 is 1.85. The van der Waals surface area contributed by atoms with Crippen molar-refractivity contribution in [1.29, 1.82) is 0 Å². The van der Waals surface area contributed by atoms with Crippen molar-refractivity contribution in [2.24, 2.45) is 0 Å². The Morgan fingerprint density at radius 1 is 0.379 bits per heavy atom. The van der Waals surface area contributed by atoms with Crippen molar-refractivity contribution in [3.8, 4) is 56.2 Å². The zero-order valence-corrected chi connectivity index (χ0v) is 32.0. The van der Waals surface area contributed by atoms with E-state index in [4.69, 9.17) is 14.4 Å². The van der Waals surface area contributed by atoms with Gasteiger partial charge in [-0.2, -0.15) is 0 Å². The van der Waals surface area contributed by atoms with E-state index in [1.165, 1.54) is 47.5 Å². The monoisotopic (exact) mass is 756 g/mol. The maximum absolute atomic E-state index is 6.58. The van der Waals surface area contributed by atoms with E-state index in [2.05, 4.69) is 188 Å². The van der Waals surface area contributed by atoms with Crippen LogP contribution in [0.5, 0.6) is 0 Å². The summed E-state index contributed by atoms with van der Waals surface area (Å²) < 4.78 is 9.19. The number of benzene rings is 9. The molecule has 12 rings (SSSR count). The zero-order chi connectivity index (χ0) is 38.2. The third kappa shape index (κ3) is 5.27. The minimum absolute atomic E-state index is 0.689. The fourth-order valence-corrected chi connectivity index (χ4v) is 9.93. The van der Waals surface area contributed by atoms with Gasteiger partial charge in [-0.25, -0.2) is 9.97 Å². The second-order valence-electron chi connectivity index (χ2n) is 14.9. The van der Waals surface area contributed by atoms with Gasteiger partial charge in [0.2, 0.25) is 0 Å². The second kappa shape index (κ2) is 13.1. The number of hydrogen-bond acceptors (Lipinski definition) is 4. The Bertz CT molecular complexity index is 3560. The van der Waals surface area contributed by atoms with Crippen LogP contribution in [0, 0.1) is 0 Å². The van der Waals surface area contributed by atoms with Crippen LogP contribution in [0.4, 0.5) is 0 Å². The van der Waals surface area contributed by atoms with Crippen LogP contribution in [0.2, 0.25) is 0 Å². The van der Waals surface area contributed by atoms with Crippen LogP contribution in [0.25, 0.3) is 120 Å². The van der Waals surface area contributed by atoms with Crippen molar-refractivity contribution in [2.45, 2.75) is 0 Å². The van der Waals surface area contributed by atoms with Gasteiger partial charge in [-0.3, -0.25) is 0 Å². The van der Waals surface area contributed by atoms with E-state index >= 15 is 0 Å². The standard InChI is InChI=1S/C54H32N2OS/c1-3-14-39-33(11-1)13-9-19-42(39)48-32-47(55-54(56-48)37-29-25-34(26-30-37)41-18-10-20-44-43-16-6-8-22-50(43)58-53(41)44)36-27-23-35(24-28-36)46-31-38-12-2-4-15-40(38)51-45-17-5-7-21-49(45)57-52(46)51/h1-32H. The van der Waals surface area contributed by atoms with Crippen molar-refractivity contribution in [2.75, 3.05) is 0 Å². The summed E-state index contributed by atoms with van der Waals surface area (Å²) in [5.74, 6) is 0.689. The summed E-state index contributed by atoms with van der Waals surface area (Å²) in [6, 6.07) is 68.9. The molecule has 0 bridgehead atoms. The van der Waals surface area contributed by atoms with Gasteiger partial charge in [0.05, 0.1) is 11.4 Å². The first kappa shape index (κ1) is 32.8. The number of furan rings is 1. The van der Waals surface area contributed by atoms with Gasteiger partial charge in [-0.15, -0.1) is 11.3 Å². The molecular weight excluding hydrogens is 725 g/mol. The third-order valence-corrected chi connectivity index (χ3v) is 12.7. The fourth-order valence-electron chi connectivity index (χ4n) is 8.69. The number of hydrogen-bond donors (Lipinski definition) is 0. The zero-order valence-electron chi connectivity index (χ0n) is 31.2. The van der Waals surface area contributed by atoms with Gasteiger partial charge in [0.25, 0.3) is 0 Å². The molecule has 4 heteroatoms. The molecule has 0 radical (unpaired) electrons. The molecule has 0 saturated heterocycles. The molecule has 12 aromatic rings. The first-order chi connectivity index (χ1) is 28.7. The fraction of sp³-hybridized carbons (Fsp3) is 0. The summed E-state index contributed by atoms with van der Waals surface area (Å²) in [4.78, 5) is 10.5. The molecule has 9 aromatic carbocycles. The van der Waals surface area contributed by atoms with E-state index in [-0.39, 0.29) is 0 Å². The molecule has 3 heterocycles. The molecule has 0 aliphatic heterocycles. The van der Waals surface area contributed by atoms with Crippen molar-refractivity contribution >= 4 is 75.0 Å². The van der Waals surface area contributed by atoms with Crippen LogP contribution in [0.3, 0.4) is 0 Å². The van der Waals surface area contributed by atoms with Gasteiger partial charge in [0, 0.05) is 53.2 Å². The molecule has 3 aromatic heterocycles. The van der Waals surface area contributed by atoms with Crippen LogP contribution >= 0.6 is 11.3 Å². The molecule has 0 unspecified atom stereocenters. The van der Waals surface area contributed by atoms with Crippen molar-refractivity contribution in [3.05, 3.63) is 194 Å². The minimum Gasteiger partial charge on any atom is -0.455 e. The topological polar surface area (TPSA) is 38.9 Å². The largest absolute Gasteiger partial charge is 0.455 e. The normalized spacial score (nSPS) is 11.8. The average molecular weight is 757 g/mol. The Hall–Kier alpha value is -7.40. The Morgan fingerprint density at radius 2 is 0.966 bits per heavy atom. The summed E-state index contributed by atoms with van der Waals surface area (Å²) in [6.45, 7) is 0. The molecule has 58 heavy (non-hydrogen) atoms. The lowest BCUT2D eigenvalue weighted by Gasteiger charge is -2.12. The lowest BCUT2D eigenvalue weighted by molar-refractivity contribution is 0.670. The Morgan fingerprint density at radius 3 is 1.81 bits per heavy atom. The van der Waals surface area contributed by atoms with E-state index in [9.17, 15) is 0 Å². The van der Waals surface area contributed by atoms with Gasteiger partial charge >= 0.3 is 0 Å². The van der Waals surface area contributed by atoms with Gasteiger partial charge in [-0.05, 0) is 62.5 Å². The van der Waals surface area contributed by atoms with E-state index in [1.54, 1.807) is 0 Å². The van der Waals surface area contributed by atoms with Crippen LogP contribution in [-0.2, 0) is 0 Å². The highest BCUT2D eigenvalue weighted by Crippen LogP contribution is 2.43. The summed E-state index contributed by atoms with van der Waals surface area (Å²) in [7, 11) is 0. The maximum Gasteiger partial charge on any atom is 0.160 e. The van der Waals surface area contributed by atoms with E-state index in [1.807, 2.05) is 17.4 Å². The van der Waals surface area contributed by atoms with Crippen molar-refractivity contribution in [3.63, 3.8) is 0 Å². The quantitative estimate of drug-likeness (QED) is 0.176. The van der Waals surface area contributed by atoms with Crippen LogP contribution in [0.1, 0.15) is 0 Å².